The van der Waals surface area contributed by atoms with E-state index in [1.54, 1.807) is 0 Å². The van der Waals surface area contributed by atoms with Crippen LogP contribution < -0.4 is 11.1 Å². The number of carbonyl (C=O) groups excluding carboxylic acids is 1. The third-order valence-corrected chi connectivity index (χ3v) is 2.71. The van der Waals surface area contributed by atoms with Gasteiger partial charge in [-0.1, -0.05) is 0 Å². The van der Waals surface area contributed by atoms with Crippen molar-refractivity contribution in [2.45, 2.75) is 0 Å². The topological polar surface area (TPSA) is 92.4 Å². The third kappa shape index (κ3) is 3.14. The molecule has 0 heterocycles. The van der Waals surface area contributed by atoms with E-state index in [2.05, 4.69) is 5.32 Å². The molecule has 0 aliphatic rings. The zero-order chi connectivity index (χ0) is 15.6. The highest BCUT2D eigenvalue weighted by Gasteiger charge is 2.17. The van der Waals surface area contributed by atoms with Gasteiger partial charge in [0, 0.05) is 17.3 Å². The molecule has 2 rings (SSSR count). The van der Waals surface area contributed by atoms with E-state index in [1.807, 2.05) is 0 Å². The molecule has 4 N–H and O–H groups in total. The number of carbonyl (C=O) groups is 2. The van der Waals surface area contributed by atoms with Gasteiger partial charge in [0.15, 0.2) is 0 Å². The zero-order valence-electron chi connectivity index (χ0n) is 10.6. The van der Waals surface area contributed by atoms with E-state index in [1.165, 1.54) is 24.3 Å². The Hall–Kier alpha value is -2.96. The van der Waals surface area contributed by atoms with Crippen molar-refractivity contribution in [1.29, 1.82) is 0 Å². The smallest absolute Gasteiger partial charge is 0.338 e. The molecule has 1 amide bonds. The molecule has 108 valence electrons. The van der Waals surface area contributed by atoms with Crippen molar-refractivity contribution < 1.29 is 23.5 Å². The lowest BCUT2D eigenvalue weighted by Crippen LogP contribution is -2.14. The average Bonchev–Trinajstić information content (AvgIpc) is 2.42. The number of halogens is 2. The summed E-state index contributed by atoms with van der Waals surface area (Å²) in [5.41, 5.74) is 4.97. The highest BCUT2D eigenvalue weighted by atomic mass is 19.1. The molecule has 0 radical (unpaired) electrons. The number of benzene rings is 2. The third-order valence-electron chi connectivity index (χ3n) is 2.71. The second-order valence-corrected chi connectivity index (χ2v) is 4.19. The van der Waals surface area contributed by atoms with Gasteiger partial charge in [-0.25, -0.2) is 13.6 Å². The Morgan fingerprint density at radius 1 is 1.05 bits per heavy atom. The van der Waals surface area contributed by atoms with Crippen LogP contribution in [-0.4, -0.2) is 17.0 Å². The number of carboxylic acids is 1. The van der Waals surface area contributed by atoms with Crippen molar-refractivity contribution in [3.05, 3.63) is 59.2 Å². The van der Waals surface area contributed by atoms with Crippen LogP contribution in [0.1, 0.15) is 20.7 Å². The van der Waals surface area contributed by atoms with Gasteiger partial charge < -0.3 is 16.2 Å². The van der Waals surface area contributed by atoms with E-state index in [9.17, 15) is 18.4 Å². The van der Waals surface area contributed by atoms with Crippen LogP contribution in [0.2, 0.25) is 0 Å². The van der Waals surface area contributed by atoms with Gasteiger partial charge in [0.25, 0.3) is 5.91 Å². The highest BCUT2D eigenvalue weighted by molar-refractivity contribution is 6.05. The molecule has 2 aromatic carbocycles. The Kier molecular flexibility index (Phi) is 3.84. The lowest BCUT2D eigenvalue weighted by Gasteiger charge is -2.08. The second-order valence-electron chi connectivity index (χ2n) is 4.19. The summed E-state index contributed by atoms with van der Waals surface area (Å²) in [6.45, 7) is 0. The summed E-state index contributed by atoms with van der Waals surface area (Å²) < 4.78 is 26.8. The fraction of sp³-hybridized carbons (Fsp3) is 0. The zero-order valence-corrected chi connectivity index (χ0v) is 10.6. The van der Waals surface area contributed by atoms with Gasteiger partial charge in [-0.05, 0) is 30.3 Å². The Morgan fingerprint density at radius 3 is 2.24 bits per heavy atom. The maximum absolute atomic E-state index is 13.6. The molecule has 0 aromatic heterocycles. The number of hydrogen-bond donors (Lipinski definition) is 3. The quantitative estimate of drug-likeness (QED) is 0.758. The number of aromatic carboxylic acids is 1. The maximum atomic E-state index is 13.6. The summed E-state index contributed by atoms with van der Waals surface area (Å²) in [6, 6.07) is 6.94. The summed E-state index contributed by atoms with van der Waals surface area (Å²) in [7, 11) is 0. The van der Waals surface area contributed by atoms with Crippen molar-refractivity contribution in [2.75, 3.05) is 11.1 Å². The van der Waals surface area contributed by atoms with Crippen LogP contribution in [0.5, 0.6) is 0 Å². The van der Waals surface area contributed by atoms with Gasteiger partial charge in [0.05, 0.1) is 11.3 Å². The molecule has 0 aliphatic carbocycles. The summed E-state index contributed by atoms with van der Waals surface area (Å²) >= 11 is 0. The van der Waals surface area contributed by atoms with Crippen molar-refractivity contribution in [3.8, 4) is 0 Å². The summed E-state index contributed by atoms with van der Waals surface area (Å²) in [6.07, 6.45) is 0. The number of nitrogens with one attached hydrogen (secondary N) is 1. The molecule has 0 unspecified atom stereocenters. The van der Waals surface area contributed by atoms with E-state index >= 15 is 0 Å². The molecule has 5 nitrogen and oxygen atoms in total. The average molecular weight is 292 g/mol. The first-order valence-corrected chi connectivity index (χ1v) is 5.77. The standard InChI is InChI=1S/C14H10F2N2O3/c15-10-6-11(16)12(5-9(10)14(20)21)18-13(19)7-1-3-8(17)4-2-7/h1-6H,17H2,(H,18,19)(H,20,21). The Bertz CT molecular complexity index is 715. The molecule has 0 atom stereocenters. The van der Waals surface area contributed by atoms with Crippen molar-refractivity contribution >= 4 is 23.3 Å². The molecule has 21 heavy (non-hydrogen) atoms. The number of anilines is 2. The Morgan fingerprint density at radius 2 is 1.67 bits per heavy atom. The minimum atomic E-state index is -1.56. The predicted molar refractivity (Wildman–Crippen MR) is 72.1 cm³/mol. The number of nitrogen functional groups attached to an aromatic ring is 1. The Balaban J connectivity index is 2.30. The number of amides is 1. The van der Waals surface area contributed by atoms with Crippen LogP contribution in [0.3, 0.4) is 0 Å². The van der Waals surface area contributed by atoms with Crippen LogP contribution in [0.15, 0.2) is 36.4 Å². The molecular formula is C14H10F2N2O3. The van der Waals surface area contributed by atoms with Crippen LogP contribution in [0, 0.1) is 11.6 Å². The highest BCUT2D eigenvalue weighted by Crippen LogP contribution is 2.20. The maximum Gasteiger partial charge on any atom is 0.338 e. The SMILES string of the molecule is Nc1ccc(C(=O)Nc2cc(C(=O)O)c(F)cc2F)cc1. The van der Waals surface area contributed by atoms with E-state index in [0.29, 0.717) is 11.8 Å². The predicted octanol–water partition coefficient (Wildman–Crippen LogP) is 2.50. The fourth-order valence-corrected chi connectivity index (χ4v) is 1.64. The van der Waals surface area contributed by atoms with E-state index in [0.717, 1.165) is 6.07 Å². The largest absolute Gasteiger partial charge is 0.478 e. The molecule has 7 heteroatoms. The Labute approximate surface area is 118 Å². The van der Waals surface area contributed by atoms with Crippen LogP contribution in [0.4, 0.5) is 20.2 Å². The molecular weight excluding hydrogens is 282 g/mol. The molecule has 0 fully saturated rings. The summed E-state index contributed by atoms with van der Waals surface area (Å²) in [5.74, 6) is -4.51. The molecule has 0 spiro atoms. The lowest BCUT2D eigenvalue weighted by molar-refractivity contribution is 0.0691. The first-order chi connectivity index (χ1) is 9.88. The van der Waals surface area contributed by atoms with Crippen molar-refractivity contribution in [2.24, 2.45) is 0 Å². The number of rotatable bonds is 3. The number of carboxylic acid groups (broad SMARTS) is 1. The monoisotopic (exact) mass is 292 g/mol. The molecule has 0 saturated heterocycles. The molecule has 2 aromatic rings. The number of hydrogen-bond acceptors (Lipinski definition) is 3. The molecule has 0 saturated carbocycles. The van der Waals surface area contributed by atoms with Gasteiger partial charge >= 0.3 is 5.97 Å². The van der Waals surface area contributed by atoms with Crippen molar-refractivity contribution in [1.82, 2.24) is 0 Å². The van der Waals surface area contributed by atoms with Gasteiger partial charge in [-0.3, -0.25) is 4.79 Å². The van der Waals surface area contributed by atoms with Crippen LogP contribution >= 0.6 is 0 Å². The van der Waals surface area contributed by atoms with Gasteiger partial charge in [-0.2, -0.15) is 0 Å². The van der Waals surface area contributed by atoms with E-state index < -0.39 is 34.8 Å². The van der Waals surface area contributed by atoms with E-state index in [-0.39, 0.29) is 5.56 Å². The normalized spacial score (nSPS) is 10.2. The minimum Gasteiger partial charge on any atom is -0.478 e. The van der Waals surface area contributed by atoms with Crippen molar-refractivity contribution in [3.63, 3.8) is 0 Å². The minimum absolute atomic E-state index is 0.199. The first-order valence-electron chi connectivity index (χ1n) is 5.77. The van der Waals surface area contributed by atoms with Gasteiger partial charge in [-0.15, -0.1) is 0 Å². The van der Waals surface area contributed by atoms with E-state index in [4.69, 9.17) is 10.8 Å². The number of nitrogens with two attached hydrogens (primary N) is 1. The summed E-state index contributed by atoms with van der Waals surface area (Å²) in [4.78, 5) is 22.7. The first kappa shape index (κ1) is 14.4. The van der Waals surface area contributed by atoms with Gasteiger partial charge in [0.1, 0.15) is 11.6 Å². The molecule has 0 bridgehead atoms. The molecule has 0 aliphatic heterocycles. The second kappa shape index (κ2) is 5.58. The van der Waals surface area contributed by atoms with Crippen LogP contribution in [-0.2, 0) is 0 Å². The van der Waals surface area contributed by atoms with Crippen LogP contribution in [0.25, 0.3) is 0 Å². The lowest BCUT2D eigenvalue weighted by atomic mass is 10.1. The van der Waals surface area contributed by atoms with Gasteiger partial charge in [0.2, 0.25) is 0 Å². The summed E-state index contributed by atoms with van der Waals surface area (Å²) in [5, 5.41) is 11.0. The fourth-order valence-electron chi connectivity index (χ4n) is 1.64.